The predicted molar refractivity (Wildman–Crippen MR) is 49.1 cm³/mol. The van der Waals surface area contributed by atoms with E-state index < -0.39 is 7.05 Å². The van der Waals surface area contributed by atoms with Gasteiger partial charge in [0.2, 0.25) is 0 Å². The zero-order valence-corrected chi connectivity index (χ0v) is 7.99. The molecular formula is C7H16BNO4. The maximum atomic E-state index is 10.7. The molecule has 0 amide bonds. The van der Waals surface area contributed by atoms with Gasteiger partial charge in [-0.25, -0.2) is 0 Å². The number of carbonyl (C=O) groups excluding carboxylic acids is 1. The molecule has 0 aromatic rings. The monoisotopic (exact) mass is 189 g/mol. The number of aliphatic hydroxyl groups is 1. The molecule has 0 fully saturated rings. The molecule has 6 heteroatoms. The molecule has 0 bridgehead atoms. The first kappa shape index (κ1) is 12.4. The van der Waals surface area contributed by atoms with Crippen LogP contribution in [0.3, 0.4) is 0 Å². The average Bonchev–Trinajstić information content (AvgIpc) is 2.10. The van der Waals surface area contributed by atoms with E-state index in [4.69, 9.17) is 10.1 Å². The number of nitrogens with one attached hydrogen (secondary N) is 1. The molecule has 0 heterocycles. The van der Waals surface area contributed by atoms with Gasteiger partial charge in [0.25, 0.3) is 0 Å². The molecule has 0 aromatic carbocycles. The predicted octanol–water partition coefficient (Wildman–Crippen LogP) is -1.000. The number of ether oxygens (including phenoxy) is 1. The highest BCUT2D eigenvalue weighted by atomic mass is 16.5. The first-order valence-electron chi connectivity index (χ1n) is 4.22. The van der Waals surface area contributed by atoms with Crippen LogP contribution in [0, 0.1) is 0 Å². The Morgan fingerprint density at radius 3 is 2.69 bits per heavy atom. The first-order chi connectivity index (χ1) is 6.10. The summed E-state index contributed by atoms with van der Waals surface area (Å²) >= 11 is 0. The van der Waals surface area contributed by atoms with Gasteiger partial charge in [-0.1, -0.05) is 0 Å². The van der Waals surface area contributed by atoms with E-state index in [2.05, 4.69) is 9.96 Å². The third-order valence-electron chi connectivity index (χ3n) is 1.62. The maximum Gasteiger partial charge on any atom is 0.373 e. The third kappa shape index (κ3) is 6.56. The molecule has 0 radical (unpaired) electrons. The van der Waals surface area contributed by atoms with E-state index in [1.807, 2.05) is 0 Å². The lowest BCUT2D eigenvalue weighted by Crippen LogP contribution is -2.42. The van der Waals surface area contributed by atoms with Gasteiger partial charge >= 0.3 is 13.0 Å². The van der Waals surface area contributed by atoms with E-state index in [-0.39, 0.29) is 25.0 Å². The Balaban J connectivity index is 3.65. The Morgan fingerprint density at radius 2 is 2.31 bits per heavy atom. The van der Waals surface area contributed by atoms with Crippen LogP contribution < -0.4 is 5.23 Å². The van der Waals surface area contributed by atoms with Crippen molar-refractivity contribution >= 4 is 13.0 Å². The lowest BCUT2D eigenvalue weighted by molar-refractivity contribution is -0.140. The number of methoxy groups -OCH3 is 1. The molecule has 13 heavy (non-hydrogen) atoms. The van der Waals surface area contributed by atoms with Crippen LogP contribution in [-0.2, 0) is 9.53 Å². The van der Waals surface area contributed by atoms with Gasteiger partial charge in [0.05, 0.1) is 13.7 Å². The molecular weight excluding hydrogens is 173 g/mol. The largest absolute Gasteiger partial charge is 0.469 e. The topological polar surface area (TPSA) is 78.8 Å². The standard InChI is InChI=1S/C7H16BNO4/c1-8(12)9-6(5-10)3-4-7(11)13-2/h6,9-10,12H,3-5H2,1-2H3. The van der Waals surface area contributed by atoms with Crippen molar-refractivity contribution < 1.29 is 19.7 Å². The first-order valence-corrected chi connectivity index (χ1v) is 4.22. The zero-order chi connectivity index (χ0) is 10.3. The summed E-state index contributed by atoms with van der Waals surface area (Å²) in [5.74, 6) is -0.314. The van der Waals surface area contributed by atoms with E-state index in [9.17, 15) is 4.79 Å². The van der Waals surface area contributed by atoms with Crippen LogP contribution in [-0.4, -0.2) is 42.9 Å². The van der Waals surface area contributed by atoms with Crippen molar-refractivity contribution in [3.8, 4) is 0 Å². The Kier molecular flexibility index (Phi) is 6.57. The minimum Gasteiger partial charge on any atom is -0.469 e. The molecule has 0 saturated carbocycles. The van der Waals surface area contributed by atoms with Crippen LogP contribution in [0.15, 0.2) is 0 Å². The van der Waals surface area contributed by atoms with Crippen LogP contribution in [0.2, 0.25) is 6.82 Å². The van der Waals surface area contributed by atoms with Gasteiger partial charge in [-0.05, 0) is 13.2 Å². The van der Waals surface area contributed by atoms with Crippen molar-refractivity contribution in [1.29, 1.82) is 0 Å². The molecule has 0 saturated heterocycles. The molecule has 5 nitrogen and oxygen atoms in total. The van der Waals surface area contributed by atoms with E-state index in [0.29, 0.717) is 6.42 Å². The van der Waals surface area contributed by atoms with Crippen LogP contribution >= 0.6 is 0 Å². The summed E-state index contributed by atoms with van der Waals surface area (Å²) in [6.45, 7) is 1.45. The Hall–Kier alpha value is -0.585. The summed E-state index contributed by atoms with van der Waals surface area (Å²) < 4.78 is 4.44. The summed E-state index contributed by atoms with van der Waals surface area (Å²) in [4.78, 5) is 10.7. The van der Waals surface area contributed by atoms with Gasteiger partial charge in [0.15, 0.2) is 0 Å². The Labute approximate surface area is 78.2 Å². The molecule has 76 valence electrons. The van der Waals surface area contributed by atoms with Crippen molar-refractivity contribution in [3.05, 3.63) is 0 Å². The van der Waals surface area contributed by atoms with E-state index in [0.717, 1.165) is 0 Å². The molecule has 0 spiro atoms. The lowest BCUT2D eigenvalue weighted by Gasteiger charge is -2.15. The second-order valence-corrected chi connectivity index (χ2v) is 2.84. The van der Waals surface area contributed by atoms with Crippen LogP contribution in [0.1, 0.15) is 12.8 Å². The second-order valence-electron chi connectivity index (χ2n) is 2.84. The van der Waals surface area contributed by atoms with Crippen molar-refractivity contribution in [3.63, 3.8) is 0 Å². The summed E-state index contributed by atoms with van der Waals surface area (Å²) in [6.07, 6.45) is 0.690. The smallest absolute Gasteiger partial charge is 0.373 e. The molecule has 0 aromatic heterocycles. The summed E-state index contributed by atoms with van der Waals surface area (Å²) in [7, 11) is 0.632. The Morgan fingerprint density at radius 1 is 1.69 bits per heavy atom. The average molecular weight is 189 g/mol. The lowest BCUT2D eigenvalue weighted by atomic mass is 9.86. The second kappa shape index (κ2) is 6.88. The SMILES string of the molecule is COC(=O)CCC(CO)NB(C)O. The van der Waals surface area contributed by atoms with Gasteiger partial charge in [-0.3, -0.25) is 4.79 Å². The van der Waals surface area contributed by atoms with Crippen molar-refractivity contribution in [1.82, 2.24) is 5.23 Å². The van der Waals surface area contributed by atoms with Gasteiger partial charge in [-0.15, -0.1) is 0 Å². The van der Waals surface area contributed by atoms with Crippen LogP contribution in [0.4, 0.5) is 0 Å². The van der Waals surface area contributed by atoms with Gasteiger partial charge < -0.3 is 20.1 Å². The van der Waals surface area contributed by atoms with Crippen LogP contribution in [0.25, 0.3) is 0 Å². The number of esters is 1. The normalized spacial score (nSPS) is 12.3. The molecule has 1 atom stereocenters. The molecule has 3 N–H and O–H groups in total. The summed E-state index contributed by atoms with van der Waals surface area (Å²) in [6, 6.07) is -0.265. The summed E-state index contributed by atoms with van der Waals surface area (Å²) in [5, 5.41) is 20.5. The van der Waals surface area contributed by atoms with Crippen LogP contribution in [0.5, 0.6) is 0 Å². The van der Waals surface area contributed by atoms with Gasteiger partial charge in [0.1, 0.15) is 0 Å². The van der Waals surface area contributed by atoms with Crippen molar-refractivity contribution in [2.24, 2.45) is 0 Å². The molecule has 0 aliphatic heterocycles. The number of rotatable bonds is 6. The minimum absolute atomic E-state index is 0.109. The maximum absolute atomic E-state index is 10.7. The highest BCUT2D eigenvalue weighted by Gasteiger charge is 2.13. The fourth-order valence-corrected chi connectivity index (χ4v) is 0.963. The molecule has 0 aliphatic rings. The summed E-state index contributed by atoms with van der Waals surface area (Å²) in [5.41, 5.74) is 0. The molecule has 0 rings (SSSR count). The van der Waals surface area contributed by atoms with Crippen molar-refractivity contribution in [2.45, 2.75) is 25.7 Å². The van der Waals surface area contributed by atoms with E-state index in [1.165, 1.54) is 7.11 Å². The zero-order valence-electron chi connectivity index (χ0n) is 7.99. The number of hydrogen-bond donors (Lipinski definition) is 3. The third-order valence-corrected chi connectivity index (χ3v) is 1.62. The fraction of sp³-hybridized carbons (Fsp3) is 0.857. The highest BCUT2D eigenvalue weighted by Crippen LogP contribution is 1.98. The van der Waals surface area contributed by atoms with Gasteiger partial charge in [0, 0.05) is 12.5 Å². The number of carbonyl (C=O) groups is 1. The fourth-order valence-electron chi connectivity index (χ4n) is 0.963. The minimum atomic E-state index is -0.685. The van der Waals surface area contributed by atoms with E-state index >= 15 is 0 Å². The van der Waals surface area contributed by atoms with Crippen molar-refractivity contribution in [2.75, 3.05) is 13.7 Å². The number of aliphatic hydroxyl groups excluding tert-OH is 1. The highest BCUT2D eigenvalue weighted by molar-refractivity contribution is 6.45. The Bertz CT molecular complexity index is 153. The number of hydrogen-bond acceptors (Lipinski definition) is 5. The molecule has 1 unspecified atom stereocenters. The molecule has 0 aliphatic carbocycles. The quantitative estimate of drug-likeness (QED) is 0.369. The van der Waals surface area contributed by atoms with Gasteiger partial charge in [-0.2, -0.15) is 0 Å². The van der Waals surface area contributed by atoms with E-state index in [1.54, 1.807) is 6.82 Å².